The summed E-state index contributed by atoms with van der Waals surface area (Å²) in [5, 5.41) is 3.44. The highest BCUT2D eigenvalue weighted by atomic mass is 35.5. The standard InChI is InChI=1S/C18H26N2O.ClH/c1-2-16(15-6-4-3-5-7-15)17(21)20-13-10-18(14-20)8-11-19-12-9-18;/h3-7,16,19H,2,8-14H2,1H3;1H. The van der Waals surface area contributed by atoms with Crippen LogP contribution in [0, 0.1) is 5.41 Å². The van der Waals surface area contributed by atoms with Crippen molar-refractivity contribution in [2.45, 2.75) is 38.5 Å². The van der Waals surface area contributed by atoms with E-state index >= 15 is 0 Å². The average Bonchev–Trinajstić information content (AvgIpc) is 2.93. The van der Waals surface area contributed by atoms with Gasteiger partial charge in [0.05, 0.1) is 5.92 Å². The zero-order chi connectivity index (χ0) is 14.7. The Morgan fingerprint density at radius 2 is 1.91 bits per heavy atom. The number of nitrogens with one attached hydrogen (secondary N) is 1. The van der Waals surface area contributed by atoms with E-state index < -0.39 is 0 Å². The molecule has 122 valence electrons. The molecule has 1 aromatic carbocycles. The van der Waals surface area contributed by atoms with Crippen LogP contribution >= 0.6 is 12.4 Å². The maximum absolute atomic E-state index is 12.9. The Balaban J connectivity index is 0.00000176. The van der Waals surface area contributed by atoms with Gasteiger partial charge in [0, 0.05) is 13.1 Å². The highest BCUT2D eigenvalue weighted by Gasteiger charge is 2.41. The molecule has 1 atom stereocenters. The van der Waals surface area contributed by atoms with Crippen LogP contribution in [0.4, 0.5) is 0 Å². The van der Waals surface area contributed by atoms with E-state index in [9.17, 15) is 4.79 Å². The summed E-state index contributed by atoms with van der Waals surface area (Å²) < 4.78 is 0. The predicted octanol–water partition coefficient (Wildman–Crippen LogP) is 3.20. The van der Waals surface area contributed by atoms with Gasteiger partial charge in [-0.2, -0.15) is 0 Å². The number of carbonyl (C=O) groups excluding carboxylic acids is 1. The second-order valence-corrected chi connectivity index (χ2v) is 6.63. The number of likely N-dealkylation sites (tertiary alicyclic amines) is 1. The molecule has 1 unspecified atom stereocenters. The lowest BCUT2D eigenvalue weighted by molar-refractivity contribution is -0.132. The van der Waals surface area contributed by atoms with E-state index in [4.69, 9.17) is 0 Å². The van der Waals surface area contributed by atoms with Gasteiger partial charge in [0.15, 0.2) is 0 Å². The average molecular weight is 323 g/mol. The molecule has 2 aliphatic heterocycles. The van der Waals surface area contributed by atoms with E-state index in [1.807, 2.05) is 18.2 Å². The number of piperidine rings is 1. The first kappa shape index (κ1) is 17.3. The molecular weight excluding hydrogens is 296 g/mol. The van der Waals surface area contributed by atoms with Gasteiger partial charge in [-0.3, -0.25) is 4.79 Å². The molecule has 1 amide bonds. The maximum atomic E-state index is 12.9. The lowest BCUT2D eigenvalue weighted by atomic mass is 9.78. The van der Waals surface area contributed by atoms with E-state index in [1.165, 1.54) is 19.3 Å². The van der Waals surface area contributed by atoms with Crippen molar-refractivity contribution >= 4 is 18.3 Å². The van der Waals surface area contributed by atoms with E-state index in [0.29, 0.717) is 11.3 Å². The van der Waals surface area contributed by atoms with Crippen LogP contribution in [0.2, 0.25) is 0 Å². The largest absolute Gasteiger partial charge is 0.342 e. The van der Waals surface area contributed by atoms with Crippen molar-refractivity contribution in [3.05, 3.63) is 35.9 Å². The molecule has 22 heavy (non-hydrogen) atoms. The van der Waals surface area contributed by atoms with Crippen molar-refractivity contribution < 1.29 is 4.79 Å². The Morgan fingerprint density at radius 3 is 2.55 bits per heavy atom. The smallest absolute Gasteiger partial charge is 0.230 e. The van der Waals surface area contributed by atoms with Crippen molar-refractivity contribution in [2.24, 2.45) is 5.41 Å². The van der Waals surface area contributed by atoms with Gasteiger partial charge in [0.2, 0.25) is 5.91 Å². The molecule has 0 saturated carbocycles. The molecule has 3 rings (SSSR count). The van der Waals surface area contributed by atoms with Crippen LogP contribution in [-0.4, -0.2) is 37.0 Å². The van der Waals surface area contributed by atoms with Crippen LogP contribution in [-0.2, 0) is 4.79 Å². The molecule has 0 aliphatic carbocycles. The fourth-order valence-corrected chi connectivity index (χ4v) is 3.95. The van der Waals surface area contributed by atoms with Gasteiger partial charge >= 0.3 is 0 Å². The number of carbonyl (C=O) groups is 1. The molecule has 0 radical (unpaired) electrons. The van der Waals surface area contributed by atoms with E-state index in [-0.39, 0.29) is 18.3 Å². The number of rotatable bonds is 3. The summed E-state index contributed by atoms with van der Waals surface area (Å²) in [5.41, 5.74) is 1.56. The fraction of sp³-hybridized carbons (Fsp3) is 0.611. The first-order valence-corrected chi connectivity index (χ1v) is 8.28. The van der Waals surface area contributed by atoms with Crippen LogP contribution < -0.4 is 5.32 Å². The topological polar surface area (TPSA) is 32.3 Å². The summed E-state index contributed by atoms with van der Waals surface area (Å²) in [7, 11) is 0. The Morgan fingerprint density at radius 1 is 1.23 bits per heavy atom. The SMILES string of the molecule is CCC(C(=O)N1CCC2(CCNCC2)C1)c1ccccc1.Cl. The fourth-order valence-electron chi connectivity index (χ4n) is 3.95. The Labute approximate surface area is 139 Å². The molecule has 3 nitrogen and oxygen atoms in total. The number of halogens is 1. The third kappa shape index (κ3) is 3.47. The third-order valence-corrected chi connectivity index (χ3v) is 5.32. The van der Waals surface area contributed by atoms with Gasteiger partial charge in [-0.15, -0.1) is 12.4 Å². The van der Waals surface area contributed by atoms with Gasteiger partial charge < -0.3 is 10.2 Å². The first-order valence-electron chi connectivity index (χ1n) is 8.28. The molecule has 1 spiro atoms. The molecule has 4 heteroatoms. The number of benzene rings is 1. The highest BCUT2D eigenvalue weighted by molar-refractivity contribution is 5.85. The minimum Gasteiger partial charge on any atom is -0.342 e. The van der Waals surface area contributed by atoms with Crippen molar-refractivity contribution in [3.63, 3.8) is 0 Å². The monoisotopic (exact) mass is 322 g/mol. The molecule has 0 bridgehead atoms. The lowest BCUT2D eigenvalue weighted by Gasteiger charge is -2.34. The molecule has 2 saturated heterocycles. The maximum Gasteiger partial charge on any atom is 0.230 e. The van der Waals surface area contributed by atoms with Crippen molar-refractivity contribution in [1.82, 2.24) is 10.2 Å². The summed E-state index contributed by atoms with van der Waals surface area (Å²) >= 11 is 0. The van der Waals surface area contributed by atoms with Gasteiger partial charge in [0.1, 0.15) is 0 Å². The quantitative estimate of drug-likeness (QED) is 0.927. The number of hydrogen-bond acceptors (Lipinski definition) is 2. The van der Waals surface area contributed by atoms with E-state index in [0.717, 1.165) is 38.2 Å². The highest BCUT2D eigenvalue weighted by Crippen LogP contribution is 2.39. The van der Waals surface area contributed by atoms with Crippen LogP contribution in [0.25, 0.3) is 0 Å². The minimum absolute atomic E-state index is 0. The van der Waals surface area contributed by atoms with Gasteiger partial charge in [-0.05, 0) is 49.8 Å². The van der Waals surface area contributed by atoms with E-state index in [1.54, 1.807) is 0 Å². The van der Waals surface area contributed by atoms with Crippen LogP contribution in [0.15, 0.2) is 30.3 Å². The summed E-state index contributed by atoms with van der Waals surface area (Å²) in [6.07, 6.45) is 4.51. The number of nitrogens with zero attached hydrogens (tertiary/aromatic N) is 1. The predicted molar refractivity (Wildman–Crippen MR) is 92.5 cm³/mol. The van der Waals surface area contributed by atoms with Gasteiger partial charge in [-0.25, -0.2) is 0 Å². The van der Waals surface area contributed by atoms with Gasteiger partial charge in [0.25, 0.3) is 0 Å². The van der Waals surface area contributed by atoms with Crippen molar-refractivity contribution in [1.29, 1.82) is 0 Å². The lowest BCUT2D eigenvalue weighted by Crippen LogP contribution is -2.40. The second-order valence-electron chi connectivity index (χ2n) is 6.63. The number of hydrogen-bond donors (Lipinski definition) is 1. The molecular formula is C18H27ClN2O. The zero-order valence-corrected chi connectivity index (χ0v) is 14.2. The summed E-state index contributed by atoms with van der Waals surface area (Å²) in [6.45, 7) is 6.25. The number of amides is 1. The molecule has 0 aromatic heterocycles. The molecule has 2 heterocycles. The molecule has 2 aliphatic rings. The van der Waals surface area contributed by atoms with Gasteiger partial charge in [-0.1, -0.05) is 37.3 Å². The Kier molecular flexibility index (Phi) is 5.87. The summed E-state index contributed by atoms with van der Waals surface area (Å²) in [4.78, 5) is 15.0. The zero-order valence-electron chi connectivity index (χ0n) is 13.4. The molecule has 2 fully saturated rings. The minimum atomic E-state index is 0. The van der Waals surface area contributed by atoms with E-state index in [2.05, 4.69) is 29.3 Å². The third-order valence-electron chi connectivity index (χ3n) is 5.32. The molecule has 1 N–H and O–H groups in total. The second kappa shape index (κ2) is 7.47. The molecule has 1 aromatic rings. The summed E-state index contributed by atoms with van der Waals surface area (Å²) in [5.74, 6) is 0.363. The normalized spacial score (nSPS) is 21.4. The Bertz CT molecular complexity index is 485. The van der Waals surface area contributed by atoms with Crippen LogP contribution in [0.3, 0.4) is 0 Å². The first-order chi connectivity index (χ1) is 10.2. The summed E-state index contributed by atoms with van der Waals surface area (Å²) in [6, 6.07) is 10.2. The van der Waals surface area contributed by atoms with Crippen LogP contribution in [0.5, 0.6) is 0 Å². The Hall–Kier alpha value is -1.06. The van der Waals surface area contributed by atoms with Crippen molar-refractivity contribution in [2.75, 3.05) is 26.2 Å². The van der Waals surface area contributed by atoms with Crippen LogP contribution in [0.1, 0.15) is 44.1 Å². The van der Waals surface area contributed by atoms with Crippen molar-refractivity contribution in [3.8, 4) is 0 Å².